The van der Waals surface area contributed by atoms with E-state index >= 15 is 0 Å². The molecule has 1 aliphatic rings. The summed E-state index contributed by atoms with van der Waals surface area (Å²) in [7, 11) is 3.98. The predicted octanol–water partition coefficient (Wildman–Crippen LogP) is 4.77. The van der Waals surface area contributed by atoms with Gasteiger partial charge >= 0.3 is 6.03 Å². The standard InChI is InChI=1S/C33H41FN8O/c1-4-24-18-27(32-37-38-39-41(32)3)20-30(19-24)36-33(43)35-21-28-23-42(16-14-25-10-12-29(34)13-11-25)17-15-31(28)40(2)22-26-8-6-5-7-9-26/h5-13,18-20,28,31H,4,14-17,21-23H2,1-3H3,(H2,35,36,43)/t28-,31-/m0/s1. The van der Waals surface area contributed by atoms with E-state index in [1.807, 2.05) is 36.4 Å². The molecule has 1 saturated heterocycles. The molecule has 0 saturated carbocycles. The van der Waals surface area contributed by atoms with Crippen molar-refractivity contribution in [2.24, 2.45) is 13.0 Å². The molecule has 3 aromatic carbocycles. The zero-order valence-corrected chi connectivity index (χ0v) is 25.2. The number of halogens is 1. The Hall–Kier alpha value is -4.15. The summed E-state index contributed by atoms with van der Waals surface area (Å²) in [6.45, 7) is 6.24. The topological polar surface area (TPSA) is 91.2 Å². The predicted molar refractivity (Wildman–Crippen MR) is 167 cm³/mol. The third-order valence-electron chi connectivity index (χ3n) is 8.31. The zero-order chi connectivity index (χ0) is 30.2. The first-order valence-corrected chi connectivity index (χ1v) is 15.0. The van der Waals surface area contributed by atoms with Gasteiger partial charge in [-0.25, -0.2) is 13.9 Å². The first-order valence-electron chi connectivity index (χ1n) is 15.0. The molecule has 4 aromatic rings. The number of benzene rings is 3. The molecule has 5 rings (SSSR count). The lowest BCUT2D eigenvalue weighted by molar-refractivity contribution is 0.0687. The van der Waals surface area contributed by atoms with Gasteiger partial charge in [0.05, 0.1) is 0 Å². The molecule has 2 atom stereocenters. The van der Waals surface area contributed by atoms with Crippen LogP contribution in [0.1, 0.15) is 30.0 Å². The van der Waals surface area contributed by atoms with Crippen molar-refractivity contribution in [2.45, 2.75) is 38.8 Å². The van der Waals surface area contributed by atoms with Crippen LogP contribution in [0.2, 0.25) is 0 Å². The first kappa shape index (κ1) is 30.3. The van der Waals surface area contributed by atoms with Crippen LogP contribution in [0.4, 0.5) is 14.9 Å². The van der Waals surface area contributed by atoms with E-state index in [1.54, 1.807) is 11.7 Å². The van der Waals surface area contributed by atoms with E-state index < -0.39 is 0 Å². The maximum atomic E-state index is 13.4. The van der Waals surface area contributed by atoms with E-state index in [1.165, 1.54) is 17.7 Å². The van der Waals surface area contributed by atoms with Gasteiger partial charge < -0.3 is 15.5 Å². The van der Waals surface area contributed by atoms with Gasteiger partial charge in [0.2, 0.25) is 0 Å². The second-order valence-corrected chi connectivity index (χ2v) is 11.4. The molecule has 2 N–H and O–H groups in total. The average molecular weight is 585 g/mol. The summed E-state index contributed by atoms with van der Waals surface area (Å²) in [4.78, 5) is 18.1. The highest BCUT2D eigenvalue weighted by Gasteiger charge is 2.32. The Morgan fingerprint density at radius 3 is 2.56 bits per heavy atom. The molecule has 1 aromatic heterocycles. The van der Waals surface area contributed by atoms with Crippen LogP contribution in [0.5, 0.6) is 0 Å². The molecule has 2 heterocycles. The van der Waals surface area contributed by atoms with Crippen molar-refractivity contribution in [1.82, 2.24) is 35.3 Å². The molecular weight excluding hydrogens is 543 g/mol. The Bertz CT molecular complexity index is 1480. The van der Waals surface area contributed by atoms with Crippen LogP contribution in [0.3, 0.4) is 0 Å². The summed E-state index contributed by atoms with van der Waals surface area (Å²) in [6.07, 6.45) is 2.69. The van der Waals surface area contributed by atoms with Crippen molar-refractivity contribution >= 4 is 11.7 Å². The van der Waals surface area contributed by atoms with Crippen LogP contribution in [0.25, 0.3) is 11.4 Å². The van der Waals surface area contributed by atoms with E-state index in [0.29, 0.717) is 24.1 Å². The minimum absolute atomic E-state index is 0.210. The largest absolute Gasteiger partial charge is 0.337 e. The Kier molecular flexibility index (Phi) is 10.1. The molecule has 43 heavy (non-hydrogen) atoms. The highest BCUT2D eigenvalue weighted by molar-refractivity contribution is 5.90. The van der Waals surface area contributed by atoms with Gasteiger partial charge in [0.15, 0.2) is 5.82 Å². The fraction of sp³-hybridized carbons (Fsp3) is 0.394. The second kappa shape index (κ2) is 14.3. The third kappa shape index (κ3) is 8.24. The third-order valence-corrected chi connectivity index (χ3v) is 8.31. The van der Waals surface area contributed by atoms with Gasteiger partial charge in [-0.3, -0.25) is 4.90 Å². The Morgan fingerprint density at radius 2 is 1.84 bits per heavy atom. The molecule has 2 amide bonds. The number of anilines is 1. The van der Waals surface area contributed by atoms with Crippen LogP contribution >= 0.6 is 0 Å². The molecule has 0 spiro atoms. The molecule has 0 unspecified atom stereocenters. The summed E-state index contributed by atoms with van der Waals surface area (Å²) in [5, 5.41) is 18.0. The van der Waals surface area contributed by atoms with E-state index in [-0.39, 0.29) is 17.8 Å². The van der Waals surface area contributed by atoms with E-state index in [2.05, 4.69) is 74.2 Å². The number of urea groups is 1. The quantitative estimate of drug-likeness (QED) is 0.264. The van der Waals surface area contributed by atoms with Crippen LogP contribution in [0, 0.1) is 11.7 Å². The van der Waals surface area contributed by atoms with Crippen molar-refractivity contribution in [3.63, 3.8) is 0 Å². The molecule has 9 nitrogen and oxygen atoms in total. The number of piperidine rings is 1. The Morgan fingerprint density at radius 1 is 1.05 bits per heavy atom. The van der Waals surface area contributed by atoms with Gasteiger partial charge in [-0.05, 0) is 90.3 Å². The number of aromatic nitrogens is 4. The van der Waals surface area contributed by atoms with Crippen molar-refractivity contribution in [3.8, 4) is 11.4 Å². The highest BCUT2D eigenvalue weighted by atomic mass is 19.1. The van der Waals surface area contributed by atoms with Crippen LogP contribution < -0.4 is 10.6 Å². The fourth-order valence-corrected chi connectivity index (χ4v) is 5.98. The van der Waals surface area contributed by atoms with Gasteiger partial charge in [0.1, 0.15) is 5.82 Å². The molecule has 1 fully saturated rings. The molecule has 226 valence electrons. The Labute approximate surface area is 253 Å². The number of likely N-dealkylation sites (tertiary alicyclic amines) is 1. The molecular formula is C33H41FN8O. The molecule has 0 aliphatic carbocycles. The lowest BCUT2D eigenvalue weighted by Crippen LogP contribution is -2.53. The van der Waals surface area contributed by atoms with Crippen LogP contribution in [0.15, 0.2) is 72.8 Å². The Balaban J connectivity index is 1.24. The number of carbonyl (C=O) groups excluding carboxylic acids is 1. The summed E-state index contributed by atoms with van der Waals surface area (Å²) < 4.78 is 15.0. The molecule has 0 radical (unpaired) electrons. The number of carbonyl (C=O) groups is 1. The number of nitrogens with zero attached hydrogens (tertiary/aromatic N) is 6. The van der Waals surface area contributed by atoms with Gasteiger partial charge in [-0.2, -0.15) is 0 Å². The monoisotopic (exact) mass is 584 g/mol. The number of rotatable bonds is 11. The van der Waals surface area contributed by atoms with Crippen LogP contribution in [-0.4, -0.2) is 75.3 Å². The van der Waals surface area contributed by atoms with E-state index in [4.69, 9.17) is 0 Å². The number of hydrogen-bond acceptors (Lipinski definition) is 6. The minimum atomic E-state index is -0.233. The number of hydrogen-bond donors (Lipinski definition) is 2. The molecule has 10 heteroatoms. The summed E-state index contributed by atoms with van der Waals surface area (Å²) in [6, 6.07) is 23.3. The van der Waals surface area contributed by atoms with Gasteiger partial charge in [0.25, 0.3) is 0 Å². The smallest absolute Gasteiger partial charge is 0.319 e. The lowest BCUT2D eigenvalue weighted by Gasteiger charge is -2.43. The SMILES string of the molecule is CCc1cc(NC(=O)NC[C@H]2CN(CCc3ccc(F)cc3)CC[C@@H]2N(C)Cc2ccccc2)cc(-c2nnnn2C)c1. The summed E-state index contributed by atoms with van der Waals surface area (Å²) in [5.74, 6) is 0.674. The minimum Gasteiger partial charge on any atom is -0.337 e. The normalized spacial score (nSPS) is 17.2. The lowest BCUT2D eigenvalue weighted by atomic mass is 9.90. The van der Waals surface area contributed by atoms with Crippen molar-refractivity contribution in [2.75, 3.05) is 38.5 Å². The van der Waals surface area contributed by atoms with Gasteiger partial charge in [-0.1, -0.05) is 49.4 Å². The summed E-state index contributed by atoms with van der Waals surface area (Å²) in [5.41, 5.74) is 5.05. The zero-order valence-electron chi connectivity index (χ0n) is 25.2. The number of nitrogens with one attached hydrogen (secondary N) is 2. The highest BCUT2D eigenvalue weighted by Crippen LogP contribution is 2.25. The van der Waals surface area contributed by atoms with Crippen molar-refractivity contribution in [3.05, 3.63) is 95.3 Å². The van der Waals surface area contributed by atoms with Crippen LogP contribution in [-0.2, 0) is 26.4 Å². The second-order valence-electron chi connectivity index (χ2n) is 11.4. The summed E-state index contributed by atoms with van der Waals surface area (Å²) >= 11 is 0. The maximum absolute atomic E-state index is 13.4. The van der Waals surface area contributed by atoms with Crippen molar-refractivity contribution < 1.29 is 9.18 Å². The van der Waals surface area contributed by atoms with Crippen molar-refractivity contribution in [1.29, 1.82) is 0 Å². The first-order chi connectivity index (χ1) is 20.9. The average Bonchev–Trinajstić information content (AvgIpc) is 3.45. The number of amides is 2. The van der Waals surface area contributed by atoms with E-state index in [9.17, 15) is 9.18 Å². The molecule has 0 bridgehead atoms. The number of aryl methyl sites for hydroxylation is 2. The number of tetrazole rings is 1. The maximum Gasteiger partial charge on any atom is 0.319 e. The van der Waals surface area contributed by atoms with E-state index in [0.717, 1.165) is 62.1 Å². The van der Waals surface area contributed by atoms with Gasteiger partial charge in [0, 0.05) is 56.4 Å². The molecule has 1 aliphatic heterocycles. The van der Waals surface area contributed by atoms with Gasteiger partial charge in [-0.15, -0.1) is 5.10 Å². The fourth-order valence-electron chi connectivity index (χ4n) is 5.98.